The van der Waals surface area contributed by atoms with Gasteiger partial charge in [-0.3, -0.25) is 20.2 Å². The van der Waals surface area contributed by atoms with Gasteiger partial charge >= 0.3 is 6.03 Å². The summed E-state index contributed by atoms with van der Waals surface area (Å²) in [5.41, 5.74) is -0.875. The van der Waals surface area contributed by atoms with Crippen LogP contribution in [-0.2, 0) is 4.79 Å². The number of imide groups is 1. The highest BCUT2D eigenvalue weighted by Gasteiger charge is 2.30. The molecule has 2 N–H and O–H groups in total. The number of rotatable bonds is 4. The Morgan fingerprint density at radius 1 is 1.38 bits per heavy atom. The molecule has 1 fully saturated rings. The van der Waals surface area contributed by atoms with Crippen LogP contribution in [0.5, 0.6) is 0 Å². The fourth-order valence-corrected chi connectivity index (χ4v) is 1.19. The number of carbonyl (C=O) groups excluding carboxylic acids is 2. The number of hydrogen-bond acceptors (Lipinski definition) is 4. The third-order valence-corrected chi connectivity index (χ3v) is 2.32. The van der Waals surface area contributed by atoms with Gasteiger partial charge in [0, 0.05) is 25.2 Å². The van der Waals surface area contributed by atoms with E-state index < -0.39 is 17.5 Å². The molecule has 0 aromatic rings. The largest absolute Gasteiger partial charge is 0.326 e. The maximum Gasteiger partial charge on any atom is 0.326 e. The van der Waals surface area contributed by atoms with E-state index in [0.717, 1.165) is 0 Å². The Balaban J connectivity index is 2.52. The second-order valence-electron chi connectivity index (χ2n) is 4.13. The molecule has 1 heterocycles. The van der Waals surface area contributed by atoms with E-state index >= 15 is 0 Å². The zero-order chi connectivity index (χ0) is 12.3. The predicted molar refractivity (Wildman–Crippen MR) is 55.1 cm³/mol. The second kappa shape index (κ2) is 4.30. The molecule has 7 heteroatoms. The number of nitrogens with one attached hydrogen (secondary N) is 2. The van der Waals surface area contributed by atoms with Crippen molar-refractivity contribution >= 4 is 11.9 Å². The lowest BCUT2D eigenvalue weighted by Gasteiger charge is -2.13. The number of urea groups is 1. The van der Waals surface area contributed by atoms with Crippen LogP contribution in [0.15, 0.2) is 11.8 Å². The van der Waals surface area contributed by atoms with Crippen molar-refractivity contribution in [3.8, 4) is 0 Å². The average molecular weight is 227 g/mol. The molecule has 16 heavy (non-hydrogen) atoms. The maximum atomic E-state index is 11.1. The van der Waals surface area contributed by atoms with Crippen LogP contribution in [0.2, 0.25) is 0 Å². The molecule has 0 atom stereocenters. The lowest BCUT2D eigenvalue weighted by Crippen LogP contribution is -2.30. The van der Waals surface area contributed by atoms with E-state index in [4.69, 9.17) is 0 Å². The zero-order valence-corrected chi connectivity index (χ0v) is 9.07. The van der Waals surface area contributed by atoms with E-state index in [1.165, 1.54) is 19.9 Å². The van der Waals surface area contributed by atoms with Crippen molar-refractivity contribution < 1.29 is 14.5 Å². The van der Waals surface area contributed by atoms with Gasteiger partial charge in [0.05, 0.1) is 0 Å². The molecule has 0 unspecified atom stereocenters. The minimum Gasteiger partial charge on any atom is -0.303 e. The van der Waals surface area contributed by atoms with E-state index in [2.05, 4.69) is 5.32 Å². The summed E-state index contributed by atoms with van der Waals surface area (Å²) < 4.78 is 0. The van der Waals surface area contributed by atoms with Gasteiger partial charge in [0.1, 0.15) is 5.70 Å². The van der Waals surface area contributed by atoms with Gasteiger partial charge in [-0.25, -0.2) is 4.79 Å². The van der Waals surface area contributed by atoms with Crippen LogP contribution >= 0.6 is 0 Å². The number of nitro groups is 1. The Hall–Kier alpha value is -1.92. The van der Waals surface area contributed by atoms with Crippen molar-refractivity contribution in [3.05, 3.63) is 21.9 Å². The van der Waals surface area contributed by atoms with Gasteiger partial charge in [0.2, 0.25) is 5.54 Å². The minimum atomic E-state index is -1.03. The van der Waals surface area contributed by atoms with Gasteiger partial charge in [-0.2, -0.15) is 0 Å². The Morgan fingerprint density at radius 2 is 2.00 bits per heavy atom. The molecule has 1 aliphatic heterocycles. The van der Waals surface area contributed by atoms with Crippen molar-refractivity contribution in [2.45, 2.75) is 32.2 Å². The molecule has 0 aromatic carbocycles. The monoisotopic (exact) mass is 227 g/mol. The first-order valence-corrected chi connectivity index (χ1v) is 4.80. The molecular formula is C9H13N3O4. The Bertz CT molecular complexity index is 373. The summed E-state index contributed by atoms with van der Waals surface area (Å²) in [6, 6.07) is -0.565. The van der Waals surface area contributed by atoms with Gasteiger partial charge in [-0.1, -0.05) is 6.08 Å². The van der Waals surface area contributed by atoms with E-state index in [0.29, 0.717) is 12.8 Å². The normalized spacial score (nSPS) is 18.5. The van der Waals surface area contributed by atoms with E-state index in [9.17, 15) is 19.7 Å². The van der Waals surface area contributed by atoms with E-state index in [1.807, 2.05) is 5.32 Å². The quantitative estimate of drug-likeness (QED) is 0.317. The van der Waals surface area contributed by atoms with Crippen LogP contribution < -0.4 is 10.6 Å². The highest BCUT2D eigenvalue weighted by atomic mass is 16.6. The molecule has 0 spiro atoms. The number of allylic oxidation sites excluding steroid dienone is 1. The van der Waals surface area contributed by atoms with E-state index in [1.54, 1.807) is 0 Å². The first-order valence-electron chi connectivity index (χ1n) is 4.80. The van der Waals surface area contributed by atoms with Crippen molar-refractivity contribution in [1.29, 1.82) is 0 Å². The molecule has 1 rings (SSSR count). The molecule has 3 amide bonds. The molecule has 0 bridgehead atoms. The molecule has 88 valence electrons. The van der Waals surface area contributed by atoms with Crippen LogP contribution in [0, 0.1) is 10.1 Å². The van der Waals surface area contributed by atoms with Crippen LogP contribution in [-0.4, -0.2) is 22.4 Å². The van der Waals surface area contributed by atoms with Crippen molar-refractivity contribution in [2.24, 2.45) is 0 Å². The molecule has 1 saturated heterocycles. The second-order valence-corrected chi connectivity index (χ2v) is 4.13. The first-order chi connectivity index (χ1) is 7.33. The zero-order valence-electron chi connectivity index (χ0n) is 9.07. The topological polar surface area (TPSA) is 101 Å². The number of carbonyl (C=O) groups is 2. The summed E-state index contributed by atoms with van der Waals surface area (Å²) in [5.74, 6) is -0.496. The van der Waals surface area contributed by atoms with Crippen molar-refractivity contribution in [1.82, 2.24) is 10.6 Å². The third kappa shape index (κ3) is 2.78. The smallest absolute Gasteiger partial charge is 0.303 e. The molecule has 1 aliphatic rings. The molecule has 0 radical (unpaired) electrons. The third-order valence-electron chi connectivity index (χ3n) is 2.32. The van der Waals surface area contributed by atoms with Crippen LogP contribution in [0.3, 0.4) is 0 Å². The van der Waals surface area contributed by atoms with Crippen LogP contribution in [0.1, 0.15) is 26.7 Å². The Labute approximate surface area is 92.0 Å². The van der Waals surface area contributed by atoms with E-state index in [-0.39, 0.29) is 10.6 Å². The molecule has 0 saturated carbocycles. The lowest BCUT2D eigenvalue weighted by atomic mass is 9.99. The number of amides is 3. The number of nitrogens with zero attached hydrogens (tertiary/aromatic N) is 1. The first kappa shape index (κ1) is 12.2. The number of hydrogen-bond donors (Lipinski definition) is 2. The maximum absolute atomic E-state index is 11.1. The summed E-state index contributed by atoms with van der Waals surface area (Å²) in [4.78, 5) is 32.1. The van der Waals surface area contributed by atoms with Gasteiger partial charge in [0.15, 0.2) is 0 Å². The highest BCUT2D eigenvalue weighted by Crippen LogP contribution is 2.16. The summed E-state index contributed by atoms with van der Waals surface area (Å²) >= 11 is 0. The fourth-order valence-electron chi connectivity index (χ4n) is 1.19. The van der Waals surface area contributed by atoms with Gasteiger partial charge in [-0.15, -0.1) is 0 Å². The summed E-state index contributed by atoms with van der Waals surface area (Å²) in [7, 11) is 0. The predicted octanol–water partition coefficient (Wildman–Crippen LogP) is 0.545. The average Bonchev–Trinajstić information content (AvgIpc) is 2.44. The Morgan fingerprint density at radius 3 is 2.44 bits per heavy atom. The minimum absolute atomic E-state index is 0.157. The van der Waals surface area contributed by atoms with Crippen LogP contribution in [0.25, 0.3) is 0 Å². The van der Waals surface area contributed by atoms with Gasteiger partial charge in [0.25, 0.3) is 5.91 Å². The van der Waals surface area contributed by atoms with Gasteiger partial charge in [-0.05, 0) is 6.42 Å². The Kier molecular flexibility index (Phi) is 3.26. The molecular weight excluding hydrogens is 214 g/mol. The van der Waals surface area contributed by atoms with Crippen molar-refractivity contribution in [2.75, 3.05) is 0 Å². The summed E-state index contributed by atoms with van der Waals surface area (Å²) in [6.07, 6.45) is 2.15. The summed E-state index contributed by atoms with van der Waals surface area (Å²) in [5, 5.41) is 15.0. The molecule has 7 nitrogen and oxygen atoms in total. The standard InChI is InChI=1S/C9H13N3O4/c1-9(2,12(15)16)5-3-4-6-7(13)11-8(14)10-6/h4H,3,5H2,1-2H3,(H2,10,11,13,14)/b6-4+. The lowest BCUT2D eigenvalue weighted by molar-refractivity contribution is -0.561. The highest BCUT2D eigenvalue weighted by molar-refractivity contribution is 6.11. The van der Waals surface area contributed by atoms with Gasteiger partial charge < -0.3 is 5.32 Å². The fraction of sp³-hybridized carbons (Fsp3) is 0.556. The van der Waals surface area contributed by atoms with Crippen molar-refractivity contribution in [3.63, 3.8) is 0 Å². The molecule has 0 aromatic heterocycles. The summed E-state index contributed by atoms with van der Waals surface area (Å²) in [6.45, 7) is 3.03. The SMILES string of the molecule is CC(C)(CC/C=C1/NC(=O)NC1=O)[N+](=O)[O-]. The molecule has 0 aliphatic carbocycles. The van der Waals surface area contributed by atoms with Crippen LogP contribution in [0.4, 0.5) is 4.79 Å².